The van der Waals surface area contributed by atoms with Crippen LogP contribution in [0.5, 0.6) is 0 Å². The second-order valence-corrected chi connectivity index (χ2v) is 7.62. The minimum atomic E-state index is -4.51. The number of nitrogens with zero attached hydrogens (tertiary/aromatic N) is 4. The number of aromatic nitrogens is 3. The van der Waals surface area contributed by atoms with E-state index in [2.05, 4.69) is 22.2 Å². The number of benzene rings is 1. The van der Waals surface area contributed by atoms with Crippen LogP contribution in [0.15, 0.2) is 53.6 Å². The molecule has 1 aromatic carbocycles. The Balaban J connectivity index is 1.61. The zero-order valence-corrected chi connectivity index (χ0v) is 16.8. The molecule has 9 heteroatoms. The largest absolute Gasteiger partial charge is 0.417 e. The van der Waals surface area contributed by atoms with Crippen LogP contribution in [0.25, 0.3) is 5.82 Å². The summed E-state index contributed by atoms with van der Waals surface area (Å²) in [5.74, 6) is -0.0318. The molecule has 2 heterocycles. The van der Waals surface area contributed by atoms with Crippen LogP contribution in [0.2, 0.25) is 5.02 Å². The first-order valence-corrected chi connectivity index (χ1v) is 9.74. The highest BCUT2D eigenvalue weighted by Crippen LogP contribution is 2.30. The molecule has 0 N–H and O–H groups in total. The van der Waals surface area contributed by atoms with Crippen LogP contribution in [-0.2, 0) is 19.0 Å². The zero-order chi connectivity index (χ0) is 21.5. The smallest absolute Gasteiger partial charge is 0.369 e. The second-order valence-electron chi connectivity index (χ2n) is 7.24. The van der Waals surface area contributed by atoms with Crippen molar-refractivity contribution in [2.45, 2.75) is 31.5 Å². The van der Waals surface area contributed by atoms with Gasteiger partial charge in [0.15, 0.2) is 5.82 Å². The number of hydrogen-bond donors (Lipinski definition) is 0. The average Bonchev–Trinajstić information content (AvgIpc) is 2.74. The molecular weight excluding hydrogens is 417 g/mol. The van der Waals surface area contributed by atoms with Crippen molar-refractivity contribution in [1.82, 2.24) is 14.8 Å². The molecule has 30 heavy (non-hydrogen) atoms. The molecular formula is C21H18ClF3N4O. The highest BCUT2D eigenvalue weighted by atomic mass is 35.5. The van der Waals surface area contributed by atoms with Crippen molar-refractivity contribution in [2.75, 3.05) is 11.9 Å². The molecule has 0 radical (unpaired) electrons. The summed E-state index contributed by atoms with van der Waals surface area (Å²) in [6.45, 7) is 0. The summed E-state index contributed by atoms with van der Waals surface area (Å²) < 4.78 is 39.1. The highest BCUT2D eigenvalue weighted by Gasteiger charge is 2.31. The van der Waals surface area contributed by atoms with E-state index in [1.165, 1.54) is 17.3 Å². The molecule has 0 aliphatic heterocycles. The monoisotopic (exact) mass is 434 g/mol. The SMILES string of the molecule is CN(c1cnn(-c2ccc(C(F)(F)F)cn2)c(=O)c1Cl)C1CCc2ccccc2C1. The van der Waals surface area contributed by atoms with Crippen molar-refractivity contribution in [3.63, 3.8) is 0 Å². The van der Waals surface area contributed by atoms with E-state index in [4.69, 9.17) is 11.6 Å². The first kappa shape index (κ1) is 20.4. The Hall–Kier alpha value is -2.87. The normalized spacial score (nSPS) is 16.2. The third-order valence-electron chi connectivity index (χ3n) is 5.44. The van der Waals surface area contributed by atoms with E-state index in [0.29, 0.717) is 11.9 Å². The molecule has 0 bridgehead atoms. The van der Waals surface area contributed by atoms with Gasteiger partial charge in [-0.15, -0.1) is 0 Å². The Kier molecular flexibility index (Phi) is 5.27. The molecule has 2 aromatic heterocycles. The van der Waals surface area contributed by atoms with Crippen molar-refractivity contribution in [2.24, 2.45) is 0 Å². The predicted molar refractivity (Wildman–Crippen MR) is 108 cm³/mol. The van der Waals surface area contributed by atoms with Crippen LogP contribution in [0.1, 0.15) is 23.1 Å². The van der Waals surface area contributed by atoms with E-state index in [0.717, 1.165) is 36.1 Å². The number of fused-ring (bicyclic) bond motifs is 1. The van der Waals surface area contributed by atoms with Crippen molar-refractivity contribution in [3.8, 4) is 5.82 Å². The summed E-state index contributed by atoms with van der Waals surface area (Å²) in [7, 11) is 1.86. The zero-order valence-electron chi connectivity index (χ0n) is 16.0. The van der Waals surface area contributed by atoms with Gasteiger partial charge in [-0.1, -0.05) is 35.9 Å². The third kappa shape index (κ3) is 3.79. The quantitative estimate of drug-likeness (QED) is 0.617. The number of rotatable bonds is 3. The molecule has 0 spiro atoms. The van der Waals surface area contributed by atoms with Gasteiger partial charge in [-0.2, -0.15) is 23.0 Å². The van der Waals surface area contributed by atoms with E-state index in [1.807, 2.05) is 24.1 Å². The highest BCUT2D eigenvalue weighted by molar-refractivity contribution is 6.33. The fourth-order valence-electron chi connectivity index (χ4n) is 3.72. The van der Waals surface area contributed by atoms with Gasteiger partial charge in [0.25, 0.3) is 5.56 Å². The first-order chi connectivity index (χ1) is 14.3. The van der Waals surface area contributed by atoms with Crippen molar-refractivity contribution in [3.05, 3.63) is 80.9 Å². The summed E-state index contributed by atoms with van der Waals surface area (Å²) in [5, 5.41) is 4.05. The Morgan fingerprint density at radius 3 is 2.53 bits per heavy atom. The van der Waals surface area contributed by atoms with Gasteiger partial charge in [0, 0.05) is 19.3 Å². The maximum atomic E-state index is 12.7. The fraction of sp³-hybridized carbons (Fsp3) is 0.286. The first-order valence-electron chi connectivity index (χ1n) is 9.37. The van der Waals surface area contributed by atoms with Crippen molar-refractivity contribution >= 4 is 17.3 Å². The third-order valence-corrected chi connectivity index (χ3v) is 5.80. The molecule has 5 nitrogen and oxygen atoms in total. The lowest BCUT2D eigenvalue weighted by Crippen LogP contribution is -2.38. The molecule has 156 valence electrons. The number of aryl methyl sites for hydroxylation is 1. The maximum Gasteiger partial charge on any atom is 0.417 e. The van der Waals surface area contributed by atoms with Gasteiger partial charge in [-0.25, -0.2) is 4.98 Å². The lowest BCUT2D eigenvalue weighted by molar-refractivity contribution is -0.137. The van der Waals surface area contributed by atoms with Gasteiger partial charge in [0.1, 0.15) is 5.02 Å². The van der Waals surface area contributed by atoms with Crippen molar-refractivity contribution < 1.29 is 13.2 Å². The summed E-state index contributed by atoms with van der Waals surface area (Å²) in [5.41, 5.74) is 1.54. The Morgan fingerprint density at radius 2 is 1.87 bits per heavy atom. The Labute approximate surface area is 175 Å². The van der Waals surface area contributed by atoms with E-state index in [9.17, 15) is 18.0 Å². The molecule has 1 aliphatic rings. The molecule has 3 aromatic rings. The van der Waals surface area contributed by atoms with Gasteiger partial charge >= 0.3 is 6.18 Å². The Morgan fingerprint density at radius 1 is 1.13 bits per heavy atom. The fourth-order valence-corrected chi connectivity index (χ4v) is 3.98. The Bertz CT molecular complexity index is 1130. The predicted octanol–water partition coefficient (Wildman–Crippen LogP) is 4.29. The van der Waals surface area contributed by atoms with Crippen molar-refractivity contribution in [1.29, 1.82) is 0 Å². The average molecular weight is 435 g/mol. The summed E-state index contributed by atoms with van der Waals surface area (Å²) in [6, 6.07) is 10.4. The lowest BCUT2D eigenvalue weighted by atomic mass is 9.87. The van der Waals surface area contributed by atoms with Crippen LogP contribution in [0.4, 0.5) is 18.9 Å². The lowest BCUT2D eigenvalue weighted by Gasteiger charge is -2.34. The minimum Gasteiger partial charge on any atom is -0.369 e. The van der Waals surface area contributed by atoms with Gasteiger partial charge in [0.2, 0.25) is 0 Å². The molecule has 0 saturated heterocycles. The maximum absolute atomic E-state index is 12.7. The molecule has 0 saturated carbocycles. The molecule has 0 fully saturated rings. The summed E-state index contributed by atoms with van der Waals surface area (Å²) >= 11 is 6.34. The number of alkyl halides is 3. The van der Waals surface area contributed by atoms with Crippen LogP contribution in [0, 0.1) is 0 Å². The van der Waals surface area contributed by atoms with E-state index >= 15 is 0 Å². The molecule has 0 amide bonds. The van der Waals surface area contributed by atoms with Crippen LogP contribution in [0.3, 0.4) is 0 Å². The molecule has 4 rings (SSSR count). The number of likely N-dealkylation sites (N-methyl/N-ethyl adjacent to an activating group) is 1. The minimum absolute atomic E-state index is 0.0318. The number of pyridine rings is 1. The molecule has 1 atom stereocenters. The number of hydrogen-bond acceptors (Lipinski definition) is 4. The van der Waals surface area contributed by atoms with Crippen LogP contribution in [-0.4, -0.2) is 27.9 Å². The molecule has 1 unspecified atom stereocenters. The summed E-state index contributed by atoms with van der Waals surface area (Å²) in [6.07, 6.45) is 0.274. The van der Waals surface area contributed by atoms with E-state index in [1.54, 1.807) is 0 Å². The van der Waals surface area contributed by atoms with Gasteiger partial charge in [0.05, 0.1) is 17.4 Å². The standard InChI is InChI=1S/C21H18ClF3N4O/c1-28(16-8-6-13-4-2-3-5-14(13)10-16)17-12-27-29(20(30)19(17)22)18-9-7-15(11-26-18)21(23,24)25/h2-5,7,9,11-12,16H,6,8,10H2,1H3. The van der Waals surface area contributed by atoms with E-state index < -0.39 is 17.3 Å². The van der Waals surface area contributed by atoms with Gasteiger partial charge < -0.3 is 4.90 Å². The topological polar surface area (TPSA) is 51.0 Å². The molecule has 1 aliphatic carbocycles. The van der Waals surface area contributed by atoms with Crippen LogP contribution < -0.4 is 10.5 Å². The van der Waals surface area contributed by atoms with Gasteiger partial charge in [-0.3, -0.25) is 4.79 Å². The number of anilines is 1. The van der Waals surface area contributed by atoms with E-state index in [-0.39, 0.29) is 16.9 Å². The number of halogens is 4. The van der Waals surface area contributed by atoms with Gasteiger partial charge in [-0.05, 0) is 42.5 Å². The van der Waals surface area contributed by atoms with Crippen LogP contribution >= 0.6 is 11.6 Å². The summed E-state index contributed by atoms with van der Waals surface area (Å²) in [4.78, 5) is 18.4. The second kappa shape index (κ2) is 7.75.